The molecule has 2 heterocycles. The number of amides is 1. The minimum absolute atomic E-state index is 0.0445. The van der Waals surface area contributed by atoms with Crippen molar-refractivity contribution >= 4 is 29.2 Å². The van der Waals surface area contributed by atoms with Crippen molar-refractivity contribution < 1.29 is 4.79 Å². The number of rotatable bonds is 5. The van der Waals surface area contributed by atoms with Crippen LogP contribution in [0.5, 0.6) is 0 Å². The van der Waals surface area contributed by atoms with Crippen molar-refractivity contribution in [1.82, 2.24) is 24.9 Å². The Morgan fingerprint density at radius 2 is 2.04 bits per heavy atom. The number of carbonyl (C=O) groups is 1. The zero-order valence-corrected chi connectivity index (χ0v) is 14.8. The molecule has 8 heteroatoms. The first-order valence-electron chi connectivity index (χ1n) is 7.94. The summed E-state index contributed by atoms with van der Waals surface area (Å²) in [6.45, 7) is 4.23. The molecule has 3 aromatic rings. The highest BCUT2D eigenvalue weighted by molar-refractivity contribution is 6.31. The molecule has 25 heavy (non-hydrogen) atoms. The van der Waals surface area contributed by atoms with E-state index in [1.807, 2.05) is 32.0 Å². The lowest BCUT2D eigenvalue weighted by Crippen LogP contribution is -2.23. The highest BCUT2D eigenvalue weighted by Crippen LogP contribution is 2.17. The van der Waals surface area contributed by atoms with Crippen molar-refractivity contribution in [3.63, 3.8) is 0 Å². The number of hydrogen-bond donors (Lipinski definition) is 2. The Kier molecular flexibility index (Phi) is 4.85. The predicted octanol–water partition coefficient (Wildman–Crippen LogP) is 2.23. The Labute approximate surface area is 150 Å². The number of anilines is 1. The smallest absolute Gasteiger partial charge is 0.254 e. The first kappa shape index (κ1) is 17.2. The highest BCUT2D eigenvalue weighted by Gasteiger charge is 2.14. The van der Waals surface area contributed by atoms with Crippen LogP contribution in [-0.2, 0) is 17.8 Å². The molecular formula is C17H19ClN6O. The van der Waals surface area contributed by atoms with E-state index in [0.717, 1.165) is 22.5 Å². The van der Waals surface area contributed by atoms with Crippen LogP contribution in [0.2, 0.25) is 5.02 Å². The quantitative estimate of drug-likeness (QED) is 0.728. The van der Waals surface area contributed by atoms with Crippen molar-refractivity contribution in [2.24, 2.45) is 0 Å². The monoisotopic (exact) mass is 358 g/mol. The third-order valence-corrected chi connectivity index (χ3v) is 4.47. The van der Waals surface area contributed by atoms with Gasteiger partial charge in [0, 0.05) is 29.4 Å². The molecule has 0 saturated heterocycles. The maximum Gasteiger partial charge on any atom is 0.254 e. The van der Waals surface area contributed by atoms with Crippen LogP contribution in [0.25, 0.3) is 5.78 Å². The fraction of sp³-hybridized carbons (Fsp3) is 0.294. The third-order valence-electron chi connectivity index (χ3n) is 4.10. The fourth-order valence-corrected chi connectivity index (χ4v) is 2.95. The third kappa shape index (κ3) is 3.71. The van der Waals surface area contributed by atoms with Crippen LogP contribution >= 0.6 is 11.6 Å². The minimum atomic E-state index is -0.0445. The van der Waals surface area contributed by atoms with Crippen molar-refractivity contribution in [1.29, 1.82) is 0 Å². The average Bonchev–Trinajstić information content (AvgIpc) is 2.94. The first-order chi connectivity index (χ1) is 12.0. The van der Waals surface area contributed by atoms with Crippen LogP contribution in [0, 0.1) is 13.8 Å². The summed E-state index contributed by atoms with van der Waals surface area (Å²) in [5.41, 5.74) is 9.23. The van der Waals surface area contributed by atoms with Crippen LogP contribution in [0.3, 0.4) is 0 Å². The number of aryl methyl sites for hydroxylation is 2. The number of nitrogens with one attached hydrogen (secondary N) is 1. The summed E-state index contributed by atoms with van der Waals surface area (Å²) in [4.78, 5) is 20.6. The number of fused-ring (bicyclic) bond motifs is 1. The van der Waals surface area contributed by atoms with Gasteiger partial charge in [-0.1, -0.05) is 29.8 Å². The van der Waals surface area contributed by atoms with Crippen LogP contribution in [0.4, 0.5) is 5.95 Å². The van der Waals surface area contributed by atoms with Crippen molar-refractivity contribution in [2.45, 2.75) is 33.2 Å². The molecule has 2 aromatic heterocycles. The van der Waals surface area contributed by atoms with E-state index in [0.29, 0.717) is 30.2 Å². The highest BCUT2D eigenvalue weighted by atomic mass is 35.5. The second kappa shape index (κ2) is 7.06. The van der Waals surface area contributed by atoms with Crippen LogP contribution in [0.15, 0.2) is 24.3 Å². The molecule has 0 saturated carbocycles. The second-order valence-corrected chi connectivity index (χ2v) is 6.22. The summed E-state index contributed by atoms with van der Waals surface area (Å²) in [7, 11) is 0. The van der Waals surface area contributed by atoms with E-state index in [4.69, 9.17) is 17.3 Å². The lowest BCUT2D eigenvalue weighted by molar-refractivity contribution is -0.121. The summed E-state index contributed by atoms with van der Waals surface area (Å²) in [6, 6.07) is 7.45. The van der Waals surface area contributed by atoms with Gasteiger partial charge in [-0.25, -0.2) is 4.98 Å². The van der Waals surface area contributed by atoms with Gasteiger partial charge < -0.3 is 11.1 Å². The molecule has 1 amide bonds. The normalized spacial score (nSPS) is 11.0. The summed E-state index contributed by atoms with van der Waals surface area (Å²) in [5.74, 6) is 0.612. The first-order valence-corrected chi connectivity index (χ1v) is 8.32. The number of nitrogens with two attached hydrogens (primary N) is 1. The number of hydrogen-bond acceptors (Lipinski definition) is 5. The lowest BCUT2D eigenvalue weighted by atomic mass is 10.1. The van der Waals surface area contributed by atoms with E-state index < -0.39 is 0 Å². The molecule has 0 aliphatic rings. The van der Waals surface area contributed by atoms with Gasteiger partial charge in [-0.3, -0.25) is 4.79 Å². The molecule has 0 aliphatic heterocycles. The van der Waals surface area contributed by atoms with Gasteiger partial charge in [-0.15, -0.1) is 5.10 Å². The van der Waals surface area contributed by atoms with E-state index in [9.17, 15) is 4.79 Å². The minimum Gasteiger partial charge on any atom is -0.366 e. The predicted molar refractivity (Wildman–Crippen MR) is 96.3 cm³/mol. The van der Waals surface area contributed by atoms with Gasteiger partial charge >= 0.3 is 0 Å². The van der Waals surface area contributed by atoms with Gasteiger partial charge in [0.15, 0.2) is 0 Å². The van der Waals surface area contributed by atoms with Crippen LogP contribution in [-0.4, -0.2) is 25.5 Å². The van der Waals surface area contributed by atoms with Crippen molar-refractivity contribution in [2.75, 3.05) is 5.73 Å². The van der Waals surface area contributed by atoms with E-state index in [1.54, 1.807) is 10.6 Å². The molecule has 1 aromatic carbocycles. The average molecular weight is 359 g/mol. The SMILES string of the molecule is Cc1nc2nc(N)nn2c(C)c1CCC(=O)NCc1ccccc1Cl. The molecule has 0 aliphatic carbocycles. The molecule has 0 atom stereocenters. The fourth-order valence-electron chi connectivity index (χ4n) is 2.75. The van der Waals surface area contributed by atoms with Crippen LogP contribution < -0.4 is 11.1 Å². The summed E-state index contributed by atoms with van der Waals surface area (Å²) in [6.07, 6.45) is 0.915. The van der Waals surface area contributed by atoms with Gasteiger partial charge in [0.25, 0.3) is 5.78 Å². The number of nitrogens with zero attached hydrogens (tertiary/aromatic N) is 4. The largest absolute Gasteiger partial charge is 0.366 e. The van der Waals surface area contributed by atoms with Crippen LogP contribution in [0.1, 0.15) is 28.9 Å². The van der Waals surface area contributed by atoms with Gasteiger partial charge in [0.05, 0.1) is 0 Å². The molecule has 3 rings (SSSR count). The van der Waals surface area contributed by atoms with E-state index in [1.165, 1.54) is 0 Å². The lowest BCUT2D eigenvalue weighted by Gasteiger charge is -2.11. The number of aromatic nitrogens is 4. The molecule has 7 nitrogen and oxygen atoms in total. The molecule has 3 N–H and O–H groups in total. The van der Waals surface area contributed by atoms with Crippen molar-refractivity contribution in [3.05, 3.63) is 51.8 Å². The Morgan fingerprint density at radius 3 is 2.80 bits per heavy atom. The zero-order chi connectivity index (χ0) is 18.0. The second-order valence-electron chi connectivity index (χ2n) is 5.81. The molecule has 0 fully saturated rings. The van der Waals surface area contributed by atoms with E-state index in [-0.39, 0.29) is 11.9 Å². The standard InChI is InChI=1S/C17H19ClN6O/c1-10-13(11(2)24-17(21-10)22-16(19)23-24)7-8-15(25)20-9-12-5-3-4-6-14(12)18/h3-6H,7-9H2,1-2H3,(H2,19,23)(H,20,25). The number of halogens is 1. The Balaban J connectivity index is 1.66. The molecule has 130 valence electrons. The summed E-state index contributed by atoms with van der Waals surface area (Å²) < 4.78 is 1.61. The zero-order valence-electron chi connectivity index (χ0n) is 14.1. The maximum absolute atomic E-state index is 12.2. The van der Waals surface area contributed by atoms with Gasteiger partial charge in [0.2, 0.25) is 11.9 Å². The molecular weight excluding hydrogens is 340 g/mol. The Bertz CT molecular complexity index is 936. The van der Waals surface area contributed by atoms with Gasteiger partial charge in [0.1, 0.15) is 0 Å². The topological polar surface area (TPSA) is 98.2 Å². The van der Waals surface area contributed by atoms with E-state index in [2.05, 4.69) is 20.4 Å². The van der Waals surface area contributed by atoms with E-state index >= 15 is 0 Å². The van der Waals surface area contributed by atoms with Gasteiger partial charge in [-0.05, 0) is 37.5 Å². The molecule has 0 spiro atoms. The summed E-state index contributed by atoms with van der Waals surface area (Å²) >= 11 is 6.09. The molecule has 0 bridgehead atoms. The number of carbonyl (C=O) groups excluding carboxylic acids is 1. The Hall–Kier alpha value is -2.67. The molecule has 0 radical (unpaired) electrons. The maximum atomic E-state index is 12.2. The number of nitrogen functional groups attached to an aromatic ring is 1. The Morgan fingerprint density at radius 1 is 1.28 bits per heavy atom. The number of benzene rings is 1. The van der Waals surface area contributed by atoms with Crippen molar-refractivity contribution in [3.8, 4) is 0 Å². The summed E-state index contributed by atoms with van der Waals surface area (Å²) in [5, 5.41) is 7.67. The van der Waals surface area contributed by atoms with Gasteiger partial charge in [-0.2, -0.15) is 9.50 Å². The molecule has 0 unspecified atom stereocenters.